The molecule has 2 N–H and O–H groups in total. The molecule has 0 aliphatic heterocycles. The highest BCUT2D eigenvalue weighted by Crippen LogP contribution is 2.16. The van der Waals surface area contributed by atoms with E-state index in [0.717, 1.165) is 17.0 Å². The van der Waals surface area contributed by atoms with Gasteiger partial charge in [0.15, 0.2) is 0 Å². The number of anilines is 1. The smallest absolute Gasteiger partial charge is 0.262 e. The van der Waals surface area contributed by atoms with Crippen molar-refractivity contribution in [1.29, 1.82) is 0 Å². The van der Waals surface area contributed by atoms with Crippen molar-refractivity contribution in [3.63, 3.8) is 0 Å². The highest BCUT2D eigenvalue weighted by Gasteiger charge is 2.11. The summed E-state index contributed by atoms with van der Waals surface area (Å²) in [5.74, 6) is 0.563. The van der Waals surface area contributed by atoms with E-state index in [0.29, 0.717) is 11.6 Å². The van der Waals surface area contributed by atoms with Crippen LogP contribution in [0.2, 0.25) is 5.02 Å². The third-order valence-electron chi connectivity index (χ3n) is 3.18. The summed E-state index contributed by atoms with van der Waals surface area (Å²) in [4.78, 5) is 12.0. The number of amides is 1. The number of hydrazone groups is 1. The van der Waals surface area contributed by atoms with E-state index in [2.05, 4.69) is 15.8 Å². The summed E-state index contributed by atoms with van der Waals surface area (Å²) >= 11 is 5.89. The average Bonchev–Trinajstić information content (AvgIpc) is 2.57. The third-order valence-corrected chi connectivity index (χ3v) is 3.41. The second-order valence-corrected chi connectivity index (χ2v) is 5.55. The second-order valence-electron chi connectivity index (χ2n) is 5.11. The SMILES string of the molecule is CCOc1ccc(NC(C)C(=O)N/N=C/c2cccc(Cl)c2)cc1. The number of nitrogens with zero attached hydrogens (tertiary/aromatic N) is 1. The maximum atomic E-state index is 12.0. The number of nitrogens with one attached hydrogen (secondary N) is 2. The van der Waals surface area contributed by atoms with Crippen LogP contribution in [-0.4, -0.2) is 24.8 Å². The maximum Gasteiger partial charge on any atom is 0.262 e. The van der Waals surface area contributed by atoms with E-state index in [1.165, 1.54) is 0 Å². The number of rotatable bonds is 7. The van der Waals surface area contributed by atoms with E-state index < -0.39 is 6.04 Å². The molecule has 0 saturated carbocycles. The Hall–Kier alpha value is -2.53. The predicted molar refractivity (Wildman–Crippen MR) is 97.9 cm³/mol. The van der Waals surface area contributed by atoms with Gasteiger partial charge in [0, 0.05) is 10.7 Å². The molecule has 5 nitrogen and oxygen atoms in total. The molecule has 2 rings (SSSR count). The van der Waals surface area contributed by atoms with Crippen LogP contribution in [0.15, 0.2) is 53.6 Å². The molecule has 0 saturated heterocycles. The minimum absolute atomic E-state index is 0.234. The monoisotopic (exact) mass is 345 g/mol. The van der Waals surface area contributed by atoms with Crippen molar-refractivity contribution < 1.29 is 9.53 Å². The van der Waals surface area contributed by atoms with E-state index in [-0.39, 0.29) is 5.91 Å². The lowest BCUT2D eigenvalue weighted by Gasteiger charge is -2.13. The molecule has 0 fully saturated rings. The fraction of sp³-hybridized carbons (Fsp3) is 0.222. The molecule has 0 aliphatic rings. The molecule has 1 unspecified atom stereocenters. The van der Waals surface area contributed by atoms with Crippen LogP contribution < -0.4 is 15.5 Å². The molecule has 0 aliphatic carbocycles. The van der Waals surface area contributed by atoms with Gasteiger partial charge < -0.3 is 10.1 Å². The summed E-state index contributed by atoms with van der Waals surface area (Å²) in [6.07, 6.45) is 1.55. The summed E-state index contributed by atoms with van der Waals surface area (Å²) in [6, 6.07) is 14.2. The third kappa shape index (κ3) is 5.59. The van der Waals surface area contributed by atoms with Gasteiger partial charge >= 0.3 is 0 Å². The Labute approximate surface area is 146 Å². The minimum Gasteiger partial charge on any atom is -0.494 e. The Morgan fingerprint density at radius 2 is 2.04 bits per heavy atom. The lowest BCUT2D eigenvalue weighted by molar-refractivity contribution is -0.121. The molecule has 0 bridgehead atoms. The van der Waals surface area contributed by atoms with Crippen LogP contribution in [0.5, 0.6) is 5.75 Å². The fourth-order valence-electron chi connectivity index (χ4n) is 1.98. The molecule has 2 aromatic carbocycles. The summed E-state index contributed by atoms with van der Waals surface area (Å²) in [5.41, 5.74) is 4.15. The van der Waals surface area contributed by atoms with E-state index in [9.17, 15) is 4.79 Å². The molecular formula is C18H20ClN3O2. The first-order valence-electron chi connectivity index (χ1n) is 7.66. The van der Waals surface area contributed by atoms with Crippen LogP contribution in [0.4, 0.5) is 5.69 Å². The van der Waals surface area contributed by atoms with Crippen LogP contribution >= 0.6 is 11.6 Å². The highest BCUT2D eigenvalue weighted by atomic mass is 35.5. The van der Waals surface area contributed by atoms with Crippen molar-refractivity contribution >= 4 is 29.4 Å². The van der Waals surface area contributed by atoms with Crippen LogP contribution in [-0.2, 0) is 4.79 Å². The predicted octanol–water partition coefficient (Wildman–Crippen LogP) is 3.69. The lowest BCUT2D eigenvalue weighted by atomic mass is 10.2. The number of hydrogen-bond donors (Lipinski definition) is 2. The van der Waals surface area contributed by atoms with Crippen molar-refractivity contribution in [2.24, 2.45) is 5.10 Å². The average molecular weight is 346 g/mol. The summed E-state index contributed by atoms with van der Waals surface area (Å²) in [6.45, 7) is 4.32. The van der Waals surface area contributed by atoms with Crippen molar-refractivity contribution in [2.45, 2.75) is 19.9 Å². The first kappa shape index (κ1) is 17.8. The molecule has 0 spiro atoms. The zero-order valence-corrected chi connectivity index (χ0v) is 14.4. The van der Waals surface area contributed by atoms with Gasteiger partial charge in [-0.2, -0.15) is 5.10 Å². The molecular weight excluding hydrogens is 326 g/mol. The topological polar surface area (TPSA) is 62.7 Å². The first-order chi connectivity index (χ1) is 11.6. The van der Waals surface area contributed by atoms with Crippen molar-refractivity contribution in [3.05, 3.63) is 59.1 Å². The largest absolute Gasteiger partial charge is 0.494 e. The molecule has 1 amide bonds. The Morgan fingerprint density at radius 1 is 1.29 bits per heavy atom. The van der Waals surface area contributed by atoms with Gasteiger partial charge in [0.25, 0.3) is 5.91 Å². The van der Waals surface area contributed by atoms with E-state index in [1.54, 1.807) is 25.3 Å². The van der Waals surface area contributed by atoms with Crippen molar-refractivity contribution in [2.75, 3.05) is 11.9 Å². The molecule has 0 radical (unpaired) electrons. The summed E-state index contributed by atoms with van der Waals surface area (Å²) < 4.78 is 5.38. The van der Waals surface area contributed by atoms with Crippen molar-refractivity contribution in [1.82, 2.24) is 5.43 Å². The molecule has 126 valence electrons. The molecule has 24 heavy (non-hydrogen) atoms. The van der Waals surface area contributed by atoms with Gasteiger partial charge in [-0.25, -0.2) is 5.43 Å². The molecule has 1 atom stereocenters. The quantitative estimate of drug-likeness (QED) is 0.594. The van der Waals surface area contributed by atoms with Crippen LogP contribution in [0.1, 0.15) is 19.4 Å². The molecule has 0 aromatic heterocycles. The number of halogens is 1. The Kier molecular flexibility index (Phi) is 6.63. The standard InChI is InChI=1S/C18H20ClN3O2/c1-3-24-17-9-7-16(8-10-17)21-13(2)18(23)22-20-12-14-5-4-6-15(19)11-14/h4-13,21H,3H2,1-2H3,(H,22,23)/b20-12+. The van der Waals surface area contributed by atoms with Crippen molar-refractivity contribution in [3.8, 4) is 5.75 Å². The maximum absolute atomic E-state index is 12.0. The number of carbonyl (C=O) groups excluding carboxylic acids is 1. The molecule has 2 aromatic rings. The van der Waals surface area contributed by atoms with Gasteiger partial charge in [-0.15, -0.1) is 0 Å². The van der Waals surface area contributed by atoms with Gasteiger partial charge in [-0.3, -0.25) is 4.79 Å². The van der Waals surface area contributed by atoms with Gasteiger partial charge in [-0.05, 0) is 55.8 Å². The van der Waals surface area contributed by atoms with Gasteiger partial charge in [-0.1, -0.05) is 23.7 Å². The van der Waals surface area contributed by atoms with E-state index >= 15 is 0 Å². The Bertz CT molecular complexity index is 702. The number of carbonyl (C=O) groups is 1. The molecule has 6 heteroatoms. The van der Waals surface area contributed by atoms with Crippen LogP contribution in [0, 0.1) is 0 Å². The van der Waals surface area contributed by atoms with Gasteiger partial charge in [0.05, 0.1) is 12.8 Å². The normalized spacial score (nSPS) is 12.0. The second kappa shape index (κ2) is 8.93. The zero-order valence-electron chi connectivity index (χ0n) is 13.6. The lowest BCUT2D eigenvalue weighted by Crippen LogP contribution is -2.34. The number of benzene rings is 2. The summed E-state index contributed by atoms with van der Waals surface area (Å²) in [7, 11) is 0. The van der Waals surface area contributed by atoms with Gasteiger partial charge in [0.1, 0.15) is 11.8 Å². The fourth-order valence-corrected chi connectivity index (χ4v) is 2.18. The highest BCUT2D eigenvalue weighted by molar-refractivity contribution is 6.30. The number of ether oxygens (including phenoxy) is 1. The van der Waals surface area contributed by atoms with Crippen LogP contribution in [0.3, 0.4) is 0 Å². The minimum atomic E-state index is -0.431. The summed E-state index contributed by atoms with van der Waals surface area (Å²) in [5, 5.41) is 7.67. The Morgan fingerprint density at radius 3 is 2.71 bits per heavy atom. The van der Waals surface area contributed by atoms with E-state index in [1.807, 2.05) is 43.3 Å². The molecule has 0 heterocycles. The van der Waals surface area contributed by atoms with Gasteiger partial charge in [0.2, 0.25) is 0 Å². The number of hydrogen-bond acceptors (Lipinski definition) is 4. The Balaban J connectivity index is 1.85. The zero-order chi connectivity index (χ0) is 17.4. The van der Waals surface area contributed by atoms with E-state index in [4.69, 9.17) is 16.3 Å². The first-order valence-corrected chi connectivity index (χ1v) is 8.04. The van der Waals surface area contributed by atoms with Crippen LogP contribution in [0.25, 0.3) is 0 Å².